The van der Waals surface area contributed by atoms with Crippen LogP contribution in [0, 0.1) is 6.92 Å². The van der Waals surface area contributed by atoms with Crippen LogP contribution in [-0.4, -0.2) is 17.3 Å². The monoisotopic (exact) mass is 221 g/mol. The number of aryl methyl sites for hydroxylation is 1. The molecule has 90 valence electrons. The molecule has 0 aliphatic carbocycles. The molecule has 0 radical (unpaired) electrons. The molecule has 1 aromatic carbocycles. The molecule has 0 aromatic heterocycles. The molecule has 2 N–H and O–H groups in total. The maximum Gasteiger partial charge on any atom is 0.0613 e. The lowest BCUT2D eigenvalue weighted by atomic mass is 9.93. The van der Waals surface area contributed by atoms with Crippen LogP contribution in [0.5, 0.6) is 0 Å². The predicted octanol–water partition coefficient (Wildman–Crippen LogP) is 2.64. The fourth-order valence-electron chi connectivity index (χ4n) is 1.78. The van der Waals surface area contributed by atoms with Gasteiger partial charge in [0, 0.05) is 12.1 Å². The Bertz CT molecular complexity index is 293. The zero-order chi connectivity index (χ0) is 12.0. The molecule has 0 saturated carbocycles. The molecule has 2 nitrogen and oxygen atoms in total. The summed E-state index contributed by atoms with van der Waals surface area (Å²) in [5.74, 6) is 0. The minimum Gasteiger partial charge on any atom is -0.394 e. The molecule has 0 heterocycles. The van der Waals surface area contributed by atoms with E-state index >= 15 is 0 Å². The van der Waals surface area contributed by atoms with Gasteiger partial charge >= 0.3 is 0 Å². The zero-order valence-corrected chi connectivity index (χ0v) is 10.6. The molecule has 0 amide bonds. The second kappa shape index (κ2) is 6.02. The van der Waals surface area contributed by atoms with Crippen molar-refractivity contribution in [2.75, 3.05) is 6.61 Å². The molecule has 1 rings (SSSR count). The Balaban J connectivity index is 2.58. The van der Waals surface area contributed by atoms with Gasteiger partial charge in [-0.2, -0.15) is 0 Å². The first kappa shape index (κ1) is 13.2. The summed E-state index contributed by atoms with van der Waals surface area (Å²) in [5.41, 5.74) is 2.43. The summed E-state index contributed by atoms with van der Waals surface area (Å²) in [6.45, 7) is 7.34. The number of aliphatic hydroxyl groups is 1. The van der Waals surface area contributed by atoms with Crippen LogP contribution < -0.4 is 5.32 Å². The van der Waals surface area contributed by atoms with Crippen molar-refractivity contribution in [1.29, 1.82) is 0 Å². The van der Waals surface area contributed by atoms with Crippen LogP contribution in [0.4, 0.5) is 0 Å². The van der Waals surface area contributed by atoms with E-state index in [9.17, 15) is 5.11 Å². The van der Waals surface area contributed by atoms with Crippen molar-refractivity contribution in [1.82, 2.24) is 5.32 Å². The lowest BCUT2D eigenvalue weighted by Gasteiger charge is -2.31. The van der Waals surface area contributed by atoms with Gasteiger partial charge in [0.05, 0.1) is 6.61 Å². The molecule has 0 spiro atoms. The molecule has 0 fully saturated rings. The largest absolute Gasteiger partial charge is 0.394 e. The Morgan fingerprint density at radius 1 is 1.12 bits per heavy atom. The number of rotatable bonds is 6. The number of hydrogen-bond donors (Lipinski definition) is 2. The molecular formula is C14H23NO. The van der Waals surface area contributed by atoms with E-state index in [0.29, 0.717) is 0 Å². The van der Waals surface area contributed by atoms with Crippen LogP contribution >= 0.6 is 0 Å². The Hall–Kier alpha value is -0.860. The Morgan fingerprint density at radius 3 is 2.12 bits per heavy atom. The predicted molar refractivity (Wildman–Crippen MR) is 68.4 cm³/mol. The SMILES string of the molecule is CCC(CC)(CO)NCc1ccc(C)cc1. The maximum absolute atomic E-state index is 9.44. The second-order valence-electron chi connectivity index (χ2n) is 4.48. The normalized spacial score (nSPS) is 11.8. The Morgan fingerprint density at radius 2 is 1.69 bits per heavy atom. The summed E-state index contributed by atoms with van der Waals surface area (Å²) in [6, 6.07) is 8.51. The average molecular weight is 221 g/mol. The van der Waals surface area contributed by atoms with E-state index in [1.807, 2.05) is 0 Å². The van der Waals surface area contributed by atoms with Crippen LogP contribution in [0.25, 0.3) is 0 Å². The zero-order valence-electron chi connectivity index (χ0n) is 10.6. The topological polar surface area (TPSA) is 32.3 Å². The lowest BCUT2D eigenvalue weighted by molar-refractivity contribution is 0.149. The standard InChI is InChI=1S/C14H23NO/c1-4-14(5-2,11-16)15-10-13-8-6-12(3)7-9-13/h6-9,15-16H,4-5,10-11H2,1-3H3. The van der Waals surface area contributed by atoms with Crippen LogP contribution in [0.2, 0.25) is 0 Å². The van der Waals surface area contributed by atoms with Gasteiger partial charge in [0.2, 0.25) is 0 Å². The van der Waals surface area contributed by atoms with Crippen molar-refractivity contribution in [3.63, 3.8) is 0 Å². The molecule has 2 heteroatoms. The molecule has 0 unspecified atom stereocenters. The quantitative estimate of drug-likeness (QED) is 0.774. The van der Waals surface area contributed by atoms with Gasteiger partial charge in [0.25, 0.3) is 0 Å². The summed E-state index contributed by atoms with van der Waals surface area (Å²) in [4.78, 5) is 0. The summed E-state index contributed by atoms with van der Waals surface area (Å²) in [7, 11) is 0. The third-order valence-electron chi connectivity index (χ3n) is 3.44. The fourth-order valence-corrected chi connectivity index (χ4v) is 1.78. The highest BCUT2D eigenvalue weighted by Crippen LogP contribution is 2.15. The van der Waals surface area contributed by atoms with E-state index < -0.39 is 0 Å². The van der Waals surface area contributed by atoms with E-state index in [1.165, 1.54) is 11.1 Å². The van der Waals surface area contributed by atoms with Gasteiger partial charge in [-0.1, -0.05) is 43.7 Å². The van der Waals surface area contributed by atoms with Gasteiger partial charge in [0.1, 0.15) is 0 Å². The molecule has 0 bridgehead atoms. The first-order chi connectivity index (χ1) is 7.65. The molecule has 0 saturated heterocycles. The van der Waals surface area contributed by atoms with Gasteiger partial charge in [0.15, 0.2) is 0 Å². The summed E-state index contributed by atoms with van der Waals surface area (Å²) < 4.78 is 0. The first-order valence-electron chi connectivity index (χ1n) is 6.07. The molecule has 0 aliphatic heterocycles. The highest BCUT2D eigenvalue weighted by Gasteiger charge is 2.23. The summed E-state index contributed by atoms with van der Waals surface area (Å²) in [6.07, 6.45) is 1.90. The first-order valence-corrected chi connectivity index (χ1v) is 6.07. The minimum atomic E-state index is -0.120. The number of aliphatic hydroxyl groups excluding tert-OH is 1. The average Bonchev–Trinajstić information content (AvgIpc) is 2.34. The second-order valence-corrected chi connectivity index (χ2v) is 4.48. The smallest absolute Gasteiger partial charge is 0.0613 e. The van der Waals surface area contributed by atoms with E-state index in [2.05, 4.69) is 50.4 Å². The summed E-state index contributed by atoms with van der Waals surface area (Å²) in [5, 5.41) is 12.9. The highest BCUT2D eigenvalue weighted by atomic mass is 16.3. The van der Waals surface area contributed by atoms with Crippen LogP contribution in [0.1, 0.15) is 37.8 Å². The van der Waals surface area contributed by atoms with Crippen molar-refractivity contribution >= 4 is 0 Å². The third kappa shape index (κ3) is 3.32. The maximum atomic E-state index is 9.44. The van der Waals surface area contributed by atoms with E-state index in [-0.39, 0.29) is 12.1 Å². The third-order valence-corrected chi connectivity index (χ3v) is 3.44. The molecule has 16 heavy (non-hydrogen) atoms. The van der Waals surface area contributed by atoms with Crippen LogP contribution in [0.15, 0.2) is 24.3 Å². The van der Waals surface area contributed by atoms with E-state index in [0.717, 1.165) is 19.4 Å². The Labute approximate surface area is 98.7 Å². The summed E-state index contributed by atoms with van der Waals surface area (Å²) >= 11 is 0. The number of nitrogens with one attached hydrogen (secondary N) is 1. The van der Waals surface area contributed by atoms with Crippen molar-refractivity contribution in [3.8, 4) is 0 Å². The number of benzene rings is 1. The van der Waals surface area contributed by atoms with Gasteiger partial charge in [-0.05, 0) is 25.3 Å². The van der Waals surface area contributed by atoms with Gasteiger partial charge < -0.3 is 10.4 Å². The molecule has 0 aliphatic rings. The highest BCUT2D eigenvalue weighted by molar-refractivity contribution is 5.21. The van der Waals surface area contributed by atoms with Crippen molar-refractivity contribution < 1.29 is 5.11 Å². The van der Waals surface area contributed by atoms with Crippen molar-refractivity contribution in [3.05, 3.63) is 35.4 Å². The van der Waals surface area contributed by atoms with Gasteiger partial charge in [-0.15, -0.1) is 0 Å². The van der Waals surface area contributed by atoms with Crippen molar-refractivity contribution in [2.45, 2.75) is 45.7 Å². The Kier molecular flexibility index (Phi) is 4.97. The molecule has 1 aromatic rings. The molecular weight excluding hydrogens is 198 g/mol. The number of hydrogen-bond acceptors (Lipinski definition) is 2. The van der Waals surface area contributed by atoms with Crippen molar-refractivity contribution in [2.24, 2.45) is 0 Å². The van der Waals surface area contributed by atoms with Gasteiger partial charge in [-0.3, -0.25) is 0 Å². The fraction of sp³-hybridized carbons (Fsp3) is 0.571. The minimum absolute atomic E-state index is 0.120. The van der Waals surface area contributed by atoms with Crippen LogP contribution in [-0.2, 0) is 6.54 Å². The van der Waals surface area contributed by atoms with Gasteiger partial charge in [-0.25, -0.2) is 0 Å². The van der Waals surface area contributed by atoms with Crippen LogP contribution in [0.3, 0.4) is 0 Å². The van der Waals surface area contributed by atoms with E-state index in [4.69, 9.17) is 0 Å². The molecule has 0 atom stereocenters. The van der Waals surface area contributed by atoms with E-state index in [1.54, 1.807) is 0 Å². The lowest BCUT2D eigenvalue weighted by Crippen LogP contribution is -2.47.